The van der Waals surface area contributed by atoms with E-state index in [2.05, 4.69) is 50.2 Å². The Kier molecular flexibility index (Phi) is 7.23. The largest absolute Gasteiger partial charge is 0.488 e. The first kappa shape index (κ1) is 24.9. The normalized spacial score (nSPS) is 14.9. The fourth-order valence-electron chi connectivity index (χ4n) is 3.63. The molecular formula is C27H22Br2N2O4. The molecular weight excluding hydrogens is 576 g/mol. The van der Waals surface area contributed by atoms with E-state index in [4.69, 9.17) is 4.74 Å². The Morgan fingerprint density at radius 3 is 2.37 bits per heavy atom. The van der Waals surface area contributed by atoms with Crippen molar-refractivity contribution in [2.24, 2.45) is 0 Å². The van der Waals surface area contributed by atoms with Gasteiger partial charge in [0.1, 0.15) is 17.9 Å². The van der Waals surface area contributed by atoms with E-state index in [0.717, 1.165) is 25.0 Å². The molecule has 6 nitrogen and oxygen atoms in total. The molecule has 4 rings (SSSR count). The average Bonchev–Trinajstić information content (AvgIpc) is 2.80. The van der Waals surface area contributed by atoms with Crippen molar-refractivity contribution in [3.05, 3.63) is 96.9 Å². The molecule has 0 spiro atoms. The molecule has 3 aromatic carbocycles. The molecule has 0 bridgehead atoms. The van der Waals surface area contributed by atoms with E-state index in [-0.39, 0.29) is 5.57 Å². The Labute approximate surface area is 220 Å². The zero-order chi connectivity index (χ0) is 25.3. The summed E-state index contributed by atoms with van der Waals surface area (Å²) in [6.45, 7) is 6.26. The SMILES string of the molecule is Cc1ccc(COc2ccc(Br)cc2/C=C2/C(=O)NC(=O)N(c3ccc(Br)c(C)c3)C2=O)cc1C. The Morgan fingerprint density at radius 1 is 0.886 bits per heavy atom. The van der Waals surface area contributed by atoms with Crippen LogP contribution in [0.25, 0.3) is 6.08 Å². The molecule has 1 fully saturated rings. The van der Waals surface area contributed by atoms with Crippen molar-refractivity contribution in [2.75, 3.05) is 4.90 Å². The number of rotatable bonds is 5. The summed E-state index contributed by atoms with van der Waals surface area (Å²) in [5.41, 5.74) is 4.95. The lowest BCUT2D eigenvalue weighted by Crippen LogP contribution is -2.54. The van der Waals surface area contributed by atoms with Crippen molar-refractivity contribution in [3.8, 4) is 5.75 Å². The average molecular weight is 598 g/mol. The highest BCUT2D eigenvalue weighted by Crippen LogP contribution is 2.30. The van der Waals surface area contributed by atoms with Crippen LogP contribution in [0.4, 0.5) is 10.5 Å². The number of amides is 4. The number of carbonyl (C=O) groups excluding carboxylic acids is 3. The highest BCUT2D eigenvalue weighted by atomic mass is 79.9. The number of benzene rings is 3. The van der Waals surface area contributed by atoms with Crippen molar-refractivity contribution in [2.45, 2.75) is 27.4 Å². The number of ether oxygens (including phenoxy) is 1. The Morgan fingerprint density at radius 2 is 1.66 bits per heavy atom. The first-order valence-corrected chi connectivity index (χ1v) is 12.4. The highest BCUT2D eigenvalue weighted by Gasteiger charge is 2.37. The fraction of sp³-hybridized carbons (Fsp3) is 0.148. The van der Waals surface area contributed by atoms with Gasteiger partial charge < -0.3 is 4.74 Å². The molecule has 3 aromatic rings. The fourth-order valence-corrected chi connectivity index (χ4v) is 4.26. The molecule has 1 aliphatic heterocycles. The minimum Gasteiger partial charge on any atom is -0.488 e. The number of imide groups is 2. The number of nitrogens with one attached hydrogen (secondary N) is 1. The minimum absolute atomic E-state index is 0.167. The predicted molar refractivity (Wildman–Crippen MR) is 142 cm³/mol. The number of carbonyl (C=O) groups is 3. The Bertz CT molecular complexity index is 1400. The van der Waals surface area contributed by atoms with Gasteiger partial charge in [-0.05, 0) is 85.5 Å². The lowest BCUT2D eigenvalue weighted by Gasteiger charge is -2.27. The molecule has 1 heterocycles. The summed E-state index contributed by atoms with van der Waals surface area (Å²) in [7, 11) is 0. The van der Waals surface area contributed by atoms with Gasteiger partial charge in [-0.15, -0.1) is 0 Å². The van der Waals surface area contributed by atoms with Crippen LogP contribution in [0.1, 0.15) is 27.8 Å². The number of anilines is 1. The van der Waals surface area contributed by atoms with Gasteiger partial charge in [0.2, 0.25) is 0 Å². The third-order valence-corrected chi connectivity index (χ3v) is 7.12. The second-order valence-corrected chi connectivity index (χ2v) is 10.1. The van der Waals surface area contributed by atoms with Crippen molar-refractivity contribution in [3.63, 3.8) is 0 Å². The van der Waals surface area contributed by atoms with E-state index in [9.17, 15) is 14.4 Å². The van der Waals surface area contributed by atoms with Crippen LogP contribution in [0.2, 0.25) is 0 Å². The maximum absolute atomic E-state index is 13.3. The number of hydrogen-bond acceptors (Lipinski definition) is 4. The lowest BCUT2D eigenvalue weighted by molar-refractivity contribution is -0.122. The molecule has 4 amide bonds. The molecule has 35 heavy (non-hydrogen) atoms. The number of urea groups is 1. The zero-order valence-corrected chi connectivity index (χ0v) is 22.5. The van der Waals surface area contributed by atoms with Crippen LogP contribution >= 0.6 is 31.9 Å². The first-order chi connectivity index (χ1) is 16.6. The number of halogens is 2. The van der Waals surface area contributed by atoms with Gasteiger partial charge in [0.05, 0.1) is 5.69 Å². The molecule has 178 valence electrons. The van der Waals surface area contributed by atoms with Crippen molar-refractivity contribution in [1.82, 2.24) is 5.32 Å². The van der Waals surface area contributed by atoms with Gasteiger partial charge in [0.25, 0.3) is 11.8 Å². The summed E-state index contributed by atoms with van der Waals surface area (Å²) < 4.78 is 7.65. The topological polar surface area (TPSA) is 75.7 Å². The van der Waals surface area contributed by atoms with E-state index in [1.807, 2.05) is 32.0 Å². The Balaban J connectivity index is 1.67. The zero-order valence-electron chi connectivity index (χ0n) is 19.3. The molecule has 1 saturated heterocycles. The molecule has 0 aliphatic carbocycles. The van der Waals surface area contributed by atoms with Crippen molar-refractivity contribution < 1.29 is 19.1 Å². The second-order valence-electron chi connectivity index (χ2n) is 8.28. The van der Waals surface area contributed by atoms with Crippen molar-refractivity contribution >= 4 is 61.5 Å². The number of nitrogens with zero attached hydrogens (tertiary/aromatic N) is 1. The Hall–Kier alpha value is -3.23. The summed E-state index contributed by atoms with van der Waals surface area (Å²) >= 11 is 6.85. The number of hydrogen-bond donors (Lipinski definition) is 1. The van der Waals surface area contributed by atoms with Gasteiger partial charge in [-0.2, -0.15) is 0 Å². The molecule has 0 saturated carbocycles. The van der Waals surface area contributed by atoms with E-state index < -0.39 is 17.8 Å². The quantitative estimate of drug-likeness (QED) is 0.273. The van der Waals surface area contributed by atoms with Crippen LogP contribution < -0.4 is 15.0 Å². The molecule has 1 aliphatic rings. The number of aryl methyl sites for hydroxylation is 3. The standard InChI is InChI=1S/C27H22Br2N2O4/c1-15-4-5-18(10-16(15)2)14-35-24-9-6-20(28)12-19(24)13-22-25(32)30-27(34)31(26(22)33)21-7-8-23(29)17(3)11-21/h4-13H,14H2,1-3H3,(H,30,32,34)/b22-13-. The van der Waals surface area contributed by atoms with Gasteiger partial charge >= 0.3 is 6.03 Å². The van der Waals surface area contributed by atoms with E-state index in [0.29, 0.717) is 23.6 Å². The first-order valence-electron chi connectivity index (χ1n) is 10.8. The highest BCUT2D eigenvalue weighted by molar-refractivity contribution is 9.10. The van der Waals surface area contributed by atoms with Crippen LogP contribution in [-0.2, 0) is 16.2 Å². The summed E-state index contributed by atoms with van der Waals surface area (Å²) in [6, 6.07) is 15.7. The van der Waals surface area contributed by atoms with E-state index >= 15 is 0 Å². The van der Waals surface area contributed by atoms with Gasteiger partial charge in [-0.1, -0.05) is 50.1 Å². The third kappa shape index (κ3) is 5.39. The van der Waals surface area contributed by atoms with Crippen molar-refractivity contribution in [1.29, 1.82) is 0 Å². The minimum atomic E-state index is -0.792. The summed E-state index contributed by atoms with van der Waals surface area (Å²) in [5, 5.41) is 2.26. The van der Waals surface area contributed by atoms with Gasteiger partial charge in [-0.3, -0.25) is 14.9 Å². The van der Waals surface area contributed by atoms with Crippen LogP contribution in [0.3, 0.4) is 0 Å². The molecule has 0 atom stereocenters. The summed E-state index contributed by atoms with van der Waals surface area (Å²) in [6.07, 6.45) is 1.45. The molecule has 1 N–H and O–H groups in total. The number of barbiturate groups is 1. The molecule has 0 unspecified atom stereocenters. The molecule has 0 radical (unpaired) electrons. The summed E-state index contributed by atoms with van der Waals surface area (Å²) in [4.78, 5) is 39.5. The van der Waals surface area contributed by atoms with E-state index in [1.165, 1.54) is 17.2 Å². The van der Waals surface area contributed by atoms with Gasteiger partial charge in [0.15, 0.2) is 0 Å². The van der Waals surface area contributed by atoms with Gasteiger partial charge in [-0.25, -0.2) is 9.69 Å². The third-order valence-electron chi connectivity index (χ3n) is 5.74. The maximum Gasteiger partial charge on any atom is 0.335 e. The smallest absolute Gasteiger partial charge is 0.335 e. The van der Waals surface area contributed by atoms with Crippen LogP contribution in [0, 0.1) is 20.8 Å². The lowest BCUT2D eigenvalue weighted by atomic mass is 10.1. The second kappa shape index (κ2) is 10.2. The van der Waals surface area contributed by atoms with Crippen LogP contribution in [-0.4, -0.2) is 17.8 Å². The monoisotopic (exact) mass is 596 g/mol. The molecule has 8 heteroatoms. The van der Waals surface area contributed by atoms with E-state index in [1.54, 1.807) is 30.3 Å². The maximum atomic E-state index is 13.3. The van der Waals surface area contributed by atoms with Crippen LogP contribution in [0.15, 0.2) is 69.1 Å². The predicted octanol–water partition coefficient (Wildman–Crippen LogP) is 6.38. The van der Waals surface area contributed by atoms with Crippen LogP contribution in [0.5, 0.6) is 5.75 Å². The summed E-state index contributed by atoms with van der Waals surface area (Å²) in [5.74, 6) is -0.965. The molecule has 0 aromatic heterocycles. The van der Waals surface area contributed by atoms with Gasteiger partial charge in [0, 0.05) is 14.5 Å².